The van der Waals surface area contributed by atoms with Gasteiger partial charge in [0, 0.05) is 26.2 Å². The zero-order valence-corrected chi connectivity index (χ0v) is 14.6. The summed E-state index contributed by atoms with van der Waals surface area (Å²) in [4.78, 5) is 23.6. The number of hydrogen-bond donors (Lipinski definition) is 0. The number of fused-ring (bicyclic) bond motifs is 1. The van der Waals surface area contributed by atoms with Crippen LogP contribution in [0.15, 0.2) is 42.5 Å². The lowest BCUT2D eigenvalue weighted by atomic mass is 10.1. The summed E-state index contributed by atoms with van der Waals surface area (Å²) in [6.45, 7) is 2.94. The number of aromatic nitrogens is 2. The number of aldehydes is 1. The molecule has 0 aliphatic carbocycles. The fourth-order valence-corrected chi connectivity index (χ4v) is 3.36. The Morgan fingerprint density at radius 1 is 0.926 bits per heavy atom. The van der Waals surface area contributed by atoms with Crippen molar-refractivity contribution in [2.45, 2.75) is 0 Å². The molecule has 7 heteroatoms. The summed E-state index contributed by atoms with van der Waals surface area (Å²) in [6.07, 6.45) is 0.881. The molecule has 1 aliphatic rings. The lowest BCUT2D eigenvalue weighted by molar-refractivity contribution is -0.108. The van der Waals surface area contributed by atoms with Gasteiger partial charge in [-0.2, -0.15) is 0 Å². The number of piperazine rings is 1. The highest BCUT2D eigenvalue weighted by molar-refractivity contribution is 5.91. The molecule has 0 bridgehead atoms. The van der Waals surface area contributed by atoms with E-state index in [-0.39, 0.29) is 11.4 Å². The molecule has 0 N–H and O–H groups in total. The second-order valence-corrected chi connectivity index (χ2v) is 6.44. The maximum Gasteiger partial charge on any atom is 0.165 e. The van der Waals surface area contributed by atoms with E-state index in [0.717, 1.165) is 6.29 Å². The maximum absolute atomic E-state index is 14.6. The van der Waals surface area contributed by atoms with Gasteiger partial charge in [-0.25, -0.2) is 18.7 Å². The average molecular weight is 368 g/mol. The van der Waals surface area contributed by atoms with Crippen molar-refractivity contribution in [3.05, 3.63) is 54.1 Å². The number of hydrogen-bond acceptors (Lipinski definition) is 5. The maximum atomic E-state index is 14.6. The van der Waals surface area contributed by atoms with Crippen LogP contribution in [0.1, 0.15) is 0 Å². The van der Waals surface area contributed by atoms with E-state index in [4.69, 9.17) is 0 Å². The number of nitrogens with zero attached hydrogens (tertiary/aromatic N) is 4. The minimum Gasteiger partial charge on any atom is -0.353 e. The lowest BCUT2D eigenvalue weighted by Crippen LogP contribution is -2.47. The molecule has 0 unspecified atom stereocenters. The highest BCUT2D eigenvalue weighted by atomic mass is 19.1. The lowest BCUT2D eigenvalue weighted by Gasteiger charge is -2.35. The van der Waals surface area contributed by atoms with Crippen LogP contribution >= 0.6 is 0 Å². The van der Waals surface area contributed by atoms with Crippen LogP contribution in [0.4, 0.5) is 14.6 Å². The molecule has 0 atom stereocenters. The molecule has 1 fully saturated rings. The summed E-state index contributed by atoms with van der Waals surface area (Å²) in [7, 11) is 0. The number of anilines is 1. The van der Waals surface area contributed by atoms with Crippen molar-refractivity contribution >= 4 is 23.0 Å². The van der Waals surface area contributed by atoms with Crippen molar-refractivity contribution in [3.8, 4) is 11.4 Å². The van der Waals surface area contributed by atoms with Crippen LogP contribution in [0.25, 0.3) is 22.3 Å². The SMILES string of the molecule is O=CCN1CCN(c2nc(-c3ccccc3F)nc3cccc(F)c23)CC1. The number of halogens is 2. The highest BCUT2D eigenvalue weighted by Crippen LogP contribution is 2.31. The molecule has 0 saturated carbocycles. The summed E-state index contributed by atoms with van der Waals surface area (Å²) >= 11 is 0. The first-order valence-corrected chi connectivity index (χ1v) is 8.79. The second-order valence-electron chi connectivity index (χ2n) is 6.44. The van der Waals surface area contributed by atoms with E-state index in [2.05, 4.69) is 9.97 Å². The van der Waals surface area contributed by atoms with Crippen LogP contribution < -0.4 is 4.90 Å². The molecule has 3 aromatic rings. The number of carbonyl (C=O) groups excluding carboxylic acids is 1. The molecule has 0 spiro atoms. The Labute approximate surface area is 155 Å². The Morgan fingerprint density at radius 2 is 1.67 bits per heavy atom. The Hall–Kier alpha value is -2.93. The van der Waals surface area contributed by atoms with Crippen LogP contribution in [0.3, 0.4) is 0 Å². The van der Waals surface area contributed by atoms with Gasteiger partial charge in [-0.15, -0.1) is 0 Å². The third-order valence-corrected chi connectivity index (χ3v) is 4.77. The zero-order chi connectivity index (χ0) is 18.8. The molecule has 138 valence electrons. The summed E-state index contributed by atoms with van der Waals surface area (Å²) in [6, 6.07) is 11.0. The van der Waals surface area contributed by atoms with E-state index in [1.165, 1.54) is 12.1 Å². The first kappa shape index (κ1) is 17.5. The van der Waals surface area contributed by atoms with Crippen molar-refractivity contribution in [3.63, 3.8) is 0 Å². The predicted octanol–water partition coefficient (Wildman–Crippen LogP) is 2.90. The fraction of sp³-hybridized carbons (Fsp3) is 0.250. The summed E-state index contributed by atoms with van der Waals surface area (Å²) in [5, 5.41) is 0.335. The van der Waals surface area contributed by atoms with E-state index in [0.29, 0.717) is 49.4 Å². The third-order valence-electron chi connectivity index (χ3n) is 4.77. The largest absolute Gasteiger partial charge is 0.353 e. The number of rotatable bonds is 4. The van der Waals surface area contributed by atoms with Crippen molar-refractivity contribution in [2.75, 3.05) is 37.6 Å². The van der Waals surface area contributed by atoms with Crippen LogP contribution in [0, 0.1) is 11.6 Å². The van der Waals surface area contributed by atoms with E-state index < -0.39 is 11.6 Å². The predicted molar refractivity (Wildman–Crippen MR) is 99.6 cm³/mol. The molecule has 27 heavy (non-hydrogen) atoms. The molecule has 5 nitrogen and oxygen atoms in total. The zero-order valence-electron chi connectivity index (χ0n) is 14.6. The normalized spacial score (nSPS) is 15.3. The van der Waals surface area contributed by atoms with Gasteiger partial charge in [0.2, 0.25) is 0 Å². The standard InChI is InChI=1S/C20H18F2N4O/c21-15-5-2-1-4-14(15)19-23-17-7-3-6-16(22)18(17)20(24-19)26-10-8-25(9-11-26)12-13-27/h1-7,13H,8-12H2. The van der Waals surface area contributed by atoms with Crippen molar-refractivity contribution in [1.29, 1.82) is 0 Å². The van der Waals surface area contributed by atoms with Crippen LogP contribution in [-0.4, -0.2) is 53.9 Å². The van der Waals surface area contributed by atoms with Gasteiger partial charge in [-0.05, 0) is 24.3 Å². The van der Waals surface area contributed by atoms with E-state index in [1.807, 2.05) is 9.80 Å². The first-order chi connectivity index (χ1) is 13.2. The van der Waals surface area contributed by atoms with E-state index in [9.17, 15) is 13.6 Å². The number of carbonyl (C=O) groups is 1. The average Bonchev–Trinajstić information content (AvgIpc) is 2.69. The molecule has 1 saturated heterocycles. The molecule has 0 amide bonds. The van der Waals surface area contributed by atoms with Gasteiger partial charge < -0.3 is 9.69 Å². The highest BCUT2D eigenvalue weighted by Gasteiger charge is 2.23. The quantitative estimate of drug-likeness (QED) is 0.663. The number of benzene rings is 2. The van der Waals surface area contributed by atoms with Gasteiger partial charge in [0.15, 0.2) is 5.82 Å². The van der Waals surface area contributed by atoms with Gasteiger partial charge in [-0.1, -0.05) is 18.2 Å². The van der Waals surface area contributed by atoms with Gasteiger partial charge in [-0.3, -0.25) is 4.90 Å². The molecular formula is C20H18F2N4O. The Morgan fingerprint density at radius 3 is 2.41 bits per heavy atom. The Kier molecular flexibility index (Phi) is 4.77. The van der Waals surface area contributed by atoms with Gasteiger partial charge in [0.25, 0.3) is 0 Å². The second kappa shape index (κ2) is 7.36. The first-order valence-electron chi connectivity index (χ1n) is 8.79. The minimum atomic E-state index is -0.421. The summed E-state index contributed by atoms with van der Waals surface area (Å²) in [5.74, 6) is -0.133. The minimum absolute atomic E-state index is 0.233. The van der Waals surface area contributed by atoms with Crippen LogP contribution in [0.5, 0.6) is 0 Å². The van der Waals surface area contributed by atoms with E-state index in [1.54, 1.807) is 30.3 Å². The van der Waals surface area contributed by atoms with Crippen LogP contribution in [-0.2, 0) is 4.79 Å². The smallest absolute Gasteiger partial charge is 0.165 e. The van der Waals surface area contributed by atoms with Gasteiger partial charge in [0.05, 0.1) is 23.0 Å². The topological polar surface area (TPSA) is 49.3 Å². The molecular weight excluding hydrogens is 350 g/mol. The molecule has 0 radical (unpaired) electrons. The van der Waals surface area contributed by atoms with Crippen molar-refractivity contribution in [2.24, 2.45) is 0 Å². The van der Waals surface area contributed by atoms with Crippen LogP contribution in [0.2, 0.25) is 0 Å². The van der Waals surface area contributed by atoms with Crippen molar-refractivity contribution in [1.82, 2.24) is 14.9 Å². The third kappa shape index (κ3) is 3.38. The molecule has 2 aromatic carbocycles. The molecule has 1 aliphatic heterocycles. The van der Waals surface area contributed by atoms with Crippen molar-refractivity contribution < 1.29 is 13.6 Å². The Balaban J connectivity index is 1.81. The molecule has 1 aromatic heterocycles. The Bertz CT molecular complexity index is 987. The summed E-state index contributed by atoms with van der Waals surface area (Å²) < 4.78 is 28.8. The molecule has 2 heterocycles. The van der Waals surface area contributed by atoms with Gasteiger partial charge in [0.1, 0.15) is 23.7 Å². The van der Waals surface area contributed by atoms with E-state index >= 15 is 0 Å². The molecule has 4 rings (SSSR count). The monoisotopic (exact) mass is 368 g/mol. The van der Waals surface area contributed by atoms with Gasteiger partial charge >= 0.3 is 0 Å². The fourth-order valence-electron chi connectivity index (χ4n) is 3.36. The summed E-state index contributed by atoms with van der Waals surface area (Å²) in [5.41, 5.74) is 0.720.